The molecule has 0 aliphatic heterocycles. The van der Waals surface area contributed by atoms with Crippen LogP contribution in [0.15, 0.2) is 52.4 Å². The van der Waals surface area contributed by atoms with Gasteiger partial charge in [0.1, 0.15) is 0 Å². The summed E-state index contributed by atoms with van der Waals surface area (Å²) in [6.07, 6.45) is 1.67. The second-order valence-corrected chi connectivity index (χ2v) is 7.35. The minimum Gasteiger partial charge on any atom is -0.398 e. The van der Waals surface area contributed by atoms with Crippen LogP contribution >= 0.6 is 11.8 Å². The summed E-state index contributed by atoms with van der Waals surface area (Å²) in [6, 6.07) is 13.0. The molecule has 8 heteroatoms. The molecule has 0 aliphatic rings. The minimum atomic E-state index is -0.398. The molecule has 29 heavy (non-hydrogen) atoms. The largest absolute Gasteiger partial charge is 0.398 e. The number of carbonyl (C=O) groups excluding carboxylic acids is 1. The maximum Gasteiger partial charge on any atom is 0.278 e. The molecule has 0 saturated heterocycles. The lowest BCUT2D eigenvalue weighted by molar-refractivity contribution is -0.113. The number of hydrogen-bond donors (Lipinski definition) is 3. The van der Waals surface area contributed by atoms with E-state index in [0.29, 0.717) is 11.3 Å². The van der Waals surface area contributed by atoms with Gasteiger partial charge in [0.15, 0.2) is 10.9 Å². The summed E-state index contributed by atoms with van der Waals surface area (Å²) < 4.78 is 0. The molecule has 0 unspecified atom stereocenters. The lowest BCUT2D eigenvalue weighted by Gasteiger charge is -2.14. The van der Waals surface area contributed by atoms with Crippen molar-refractivity contribution in [3.63, 3.8) is 0 Å². The number of rotatable bonds is 7. The van der Waals surface area contributed by atoms with Crippen LogP contribution in [0.3, 0.4) is 0 Å². The molecule has 4 N–H and O–H groups in total. The van der Waals surface area contributed by atoms with Crippen molar-refractivity contribution in [2.45, 2.75) is 31.8 Å². The first kappa shape index (κ1) is 20.6. The molecule has 0 radical (unpaired) electrons. The second kappa shape index (κ2) is 9.38. The topological polar surface area (TPSA) is 114 Å². The van der Waals surface area contributed by atoms with E-state index in [0.717, 1.165) is 41.4 Å². The Hall–Kier alpha value is -3.13. The number of nitrogens with one attached hydrogen (secondary N) is 2. The van der Waals surface area contributed by atoms with Gasteiger partial charge in [-0.15, -0.1) is 10.2 Å². The molecule has 0 saturated carbocycles. The number of hydrogen-bond acceptors (Lipinski definition) is 6. The first-order valence-corrected chi connectivity index (χ1v) is 10.4. The lowest BCUT2D eigenvalue weighted by Crippen LogP contribution is -2.18. The van der Waals surface area contributed by atoms with Gasteiger partial charge in [0.2, 0.25) is 5.91 Å². The van der Waals surface area contributed by atoms with Crippen molar-refractivity contribution in [3.05, 3.63) is 63.9 Å². The number of thioether (sulfide) groups is 1. The number of nitrogens with zero attached hydrogens (tertiary/aromatic N) is 2. The summed E-state index contributed by atoms with van der Waals surface area (Å²) in [6.45, 7) is 4.11. The van der Waals surface area contributed by atoms with E-state index in [9.17, 15) is 9.59 Å². The van der Waals surface area contributed by atoms with Gasteiger partial charge in [-0.3, -0.25) is 14.6 Å². The maximum absolute atomic E-state index is 12.5. The first-order chi connectivity index (χ1) is 14.0. The third-order valence-electron chi connectivity index (χ3n) is 4.50. The number of benzene rings is 2. The van der Waals surface area contributed by atoms with Crippen LogP contribution < -0.4 is 16.6 Å². The molecule has 0 aliphatic carbocycles. The molecule has 7 nitrogen and oxygen atoms in total. The zero-order valence-electron chi connectivity index (χ0n) is 16.4. The Morgan fingerprint density at radius 1 is 1.07 bits per heavy atom. The molecule has 1 heterocycles. The van der Waals surface area contributed by atoms with Crippen molar-refractivity contribution >= 4 is 29.0 Å². The van der Waals surface area contributed by atoms with Crippen molar-refractivity contribution in [1.29, 1.82) is 0 Å². The number of carbonyl (C=O) groups is 1. The Morgan fingerprint density at radius 3 is 2.38 bits per heavy atom. The van der Waals surface area contributed by atoms with E-state index in [2.05, 4.69) is 34.3 Å². The van der Waals surface area contributed by atoms with Crippen LogP contribution in [0.1, 0.15) is 25.0 Å². The average Bonchev–Trinajstić information content (AvgIpc) is 2.73. The van der Waals surface area contributed by atoms with Crippen molar-refractivity contribution in [1.82, 2.24) is 15.2 Å². The highest BCUT2D eigenvalue weighted by Gasteiger charge is 2.13. The highest BCUT2D eigenvalue weighted by atomic mass is 32.2. The molecule has 150 valence electrons. The van der Waals surface area contributed by atoms with Crippen LogP contribution in [0, 0.1) is 0 Å². The van der Waals surface area contributed by atoms with E-state index < -0.39 is 5.56 Å². The number of aromatic nitrogens is 3. The second-order valence-electron chi connectivity index (χ2n) is 6.39. The predicted molar refractivity (Wildman–Crippen MR) is 117 cm³/mol. The number of aryl methyl sites for hydroxylation is 2. The molecule has 1 aromatic heterocycles. The molecule has 0 fully saturated rings. The Bertz CT molecular complexity index is 1060. The van der Waals surface area contributed by atoms with Crippen LogP contribution in [0.25, 0.3) is 11.3 Å². The summed E-state index contributed by atoms with van der Waals surface area (Å²) in [7, 11) is 0. The van der Waals surface area contributed by atoms with Crippen LogP contribution in [0.4, 0.5) is 11.4 Å². The fourth-order valence-electron chi connectivity index (χ4n) is 2.99. The van der Waals surface area contributed by atoms with Gasteiger partial charge < -0.3 is 11.1 Å². The summed E-state index contributed by atoms with van der Waals surface area (Å²) >= 11 is 1.12. The third kappa shape index (κ3) is 4.83. The Labute approximate surface area is 173 Å². The van der Waals surface area contributed by atoms with Crippen molar-refractivity contribution in [3.8, 4) is 11.3 Å². The summed E-state index contributed by atoms with van der Waals surface area (Å²) in [5.41, 5.74) is 9.70. The van der Waals surface area contributed by atoms with Gasteiger partial charge in [-0.2, -0.15) is 0 Å². The van der Waals surface area contributed by atoms with Crippen molar-refractivity contribution in [2.75, 3.05) is 16.8 Å². The number of anilines is 2. The van der Waals surface area contributed by atoms with E-state index in [-0.39, 0.29) is 22.5 Å². The van der Waals surface area contributed by atoms with Gasteiger partial charge in [0, 0.05) is 16.9 Å². The first-order valence-electron chi connectivity index (χ1n) is 9.38. The standard InChI is InChI=1S/C21H23N5O2S/c1-3-13-8-7-9-14(4-2)18(13)23-17(27)12-29-21-24-20(28)19(25-26-21)15-10-5-6-11-16(15)22/h5-11H,3-4,12,22H2,1-2H3,(H,23,27)(H,24,26,28). The van der Waals surface area contributed by atoms with E-state index in [1.807, 2.05) is 18.2 Å². The monoisotopic (exact) mass is 409 g/mol. The summed E-state index contributed by atoms with van der Waals surface area (Å²) in [5.74, 6) is -0.0526. The highest BCUT2D eigenvalue weighted by molar-refractivity contribution is 7.99. The molecule has 3 aromatic rings. The van der Waals surface area contributed by atoms with Crippen LogP contribution in [-0.4, -0.2) is 26.8 Å². The average molecular weight is 410 g/mol. The quantitative estimate of drug-likeness (QED) is 0.408. The number of para-hydroxylation sites is 2. The Morgan fingerprint density at radius 2 is 1.76 bits per heavy atom. The van der Waals surface area contributed by atoms with Gasteiger partial charge in [0.05, 0.1) is 5.75 Å². The highest BCUT2D eigenvalue weighted by Crippen LogP contribution is 2.24. The number of nitrogen functional groups attached to an aromatic ring is 1. The van der Waals surface area contributed by atoms with Crippen molar-refractivity contribution in [2.24, 2.45) is 0 Å². The fraction of sp³-hybridized carbons (Fsp3) is 0.238. The SMILES string of the molecule is CCc1cccc(CC)c1NC(=O)CSc1nnc(-c2ccccc2N)c(=O)[nH]1. The van der Waals surface area contributed by atoms with E-state index in [1.165, 1.54) is 0 Å². The fourth-order valence-corrected chi connectivity index (χ4v) is 3.59. The lowest BCUT2D eigenvalue weighted by atomic mass is 10.0. The van der Waals surface area contributed by atoms with E-state index in [4.69, 9.17) is 5.73 Å². The summed E-state index contributed by atoms with van der Waals surface area (Å²) in [5, 5.41) is 11.3. The zero-order valence-corrected chi connectivity index (χ0v) is 17.2. The number of nitrogens with two attached hydrogens (primary N) is 1. The molecule has 3 rings (SSSR count). The molecular weight excluding hydrogens is 386 g/mol. The third-order valence-corrected chi connectivity index (χ3v) is 5.36. The van der Waals surface area contributed by atoms with Crippen LogP contribution in [0.5, 0.6) is 0 Å². The Balaban J connectivity index is 1.70. The molecule has 0 atom stereocenters. The van der Waals surface area contributed by atoms with Crippen molar-refractivity contribution < 1.29 is 4.79 Å². The number of amides is 1. The minimum absolute atomic E-state index is 0.110. The molecule has 0 spiro atoms. The van der Waals surface area contributed by atoms with Gasteiger partial charge in [-0.05, 0) is 30.0 Å². The predicted octanol–water partition coefficient (Wildman–Crippen LogP) is 3.27. The zero-order chi connectivity index (χ0) is 20.8. The van der Waals surface area contributed by atoms with Gasteiger partial charge in [0.25, 0.3) is 5.56 Å². The van der Waals surface area contributed by atoms with Crippen LogP contribution in [0.2, 0.25) is 0 Å². The van der Waals surface area contributed by atoms with Gasteiger partial charge in [-0.1, -0.05) is 62.0 Å². The van der Waals surface area contributed by atoms with Gasteiger partial charge >= 0.3 is 0 Å². The van der Waals surface area contributed by atoms with Gasteiger partial charge in [-0.25, -0.2) is 0 Å². The Kier molecular flexibility index (Phi) is 6.66. The molecule has 1 amide bonds. The normalized spacial score (nSPS) is 10.7. The number of H-pyrrole nitrogens is 1. The summed E-state index contributed by atoms with van der Waals surface area (Å²) in [4.78, 5) is 27.5. The molecule has 0 bridgehead atoms. The molecule has 2 aromatic carbocycles. The number of aromatic amines is 1. The van der Waals surface area contributed by atoms with E-state index in [1.54, 1.807) is 24.3 Å². The van der Waals surface area contributed by atoms with Crippen LogP contribution in [-0.2, 0) is 17.6 Å². The molecular formula is C21H23N5O2S. The maximum atomic E-state index is 12.5. The van der Waals surface area contributed by atoms with E-state index >= 15 is 0 Å². The smallest absolute Gasteiger partial charge is 0.278 e.